The van der Waals surface area contributed by atoms with Crippen LogP contribution in [-0.4, -0.2) is 30.1 Å². The van der Waals surface area contributed by atoms with Crippen LogP contribution in [0.25, 0.3) is 0 Å². The number of sulfone groups is 1. The zero-order valence-corrected chi connectivity index (χ0v) is 12.6. The highest BCUT2D eigenvalue weighted by molar-refractivity contribution is 8.00. The number of nitrogens with two attached hydrogens (primary N) is 1. The van der Waals surface area contributed by atoms with Crippen molar-refractivity contribution in [1.29, 1.82) is 0 Å². The van der Waals surface area contributed by atoms with E-state index in [0.29, 0.717) is 28.3 Å². The van der Waals surface area contributed by atoms with Crippen LogP contribution in [0.3, 0.4) is 0 Å². The van der Waals surface area contributed by atoms with Gasteiger partial charge < -0.3 is 10.2 Å². The molecule has 0 bridgehead atoms. The third-order valence-electron chi connectivity index (χ3n) is 2.58. The van der Waals surface area contributed by atoms with Crippen molar-refractivity contribution in [2.24, 2.45) is 5.73 Å². The van der Waals surface area contributed by atoms with E-state index in [1.54, 1.807) is 31.2 Å². The summed E-state index contributed by atoms with van der Waals surface area (Å²) < 4.78 is 29.5. The Morgan fingerprint density at radius 3 is 2.80 bits per heavy atom. The number of benzene rings is 1. The molecule has 0 aliphatic heterocycles. The first-order valence-corrected chi connectivity index (χ1v) is 8.60. The number of nitrogens with zero attached hydrogens (tertiary/aromatic N) is 2. The smallest absolute Gasteiger partial charge is 0.276 e. The maximum absolute atomic E-state index is 12.2. The van der Waals surface area contributed by atoms with Gasteiger partial charge in [-0.2, -0.15) is 0 Å². The quantitative estimate of drug-likeness (QED) is 0.805. The number of rotatable bonds is 6. The Labute approximate surface area is 121 Å². The van der Waals surface area contributed by atoms with Crippen LogP contribution in [0.5, 0.6) is 0 Å². The first-order valence-electron chi connectivity index (χ1n) is 5.96. The molecule has 2 N–H and O–H groups in total. The molecule has 0 saturated heterocycles. The summed E-state index contributed by atoms with van der Waals surface area (Å²) in [7, 11) is -3.32. The Bertz CT molecular complexity index is 683. The largest absolute Gasteiger partial charge is 0.416 e. The van der Waals surface area contributed by atoms with Gasteiger partial charge in [0.25, 0.3) is 5.22 Å². The van der Waals surface area contributed by atoms with Gasteiger partial charge in [0.2, 0.25) is 5.89 Å². The Morgan fingerprint density at radius 1 is 1.35 bits per heavy atom. The van der Waals surface area contributed by atoms with Crippen molar-refractivity contribution in [3.8, 4) is 0 Å². The van der Waals surface area contributed by atoms with Crippen molar-refractivity contribution in [3.63, 3.8) is 0 Å². The van der Waals surface area contributed by atoms with E-state index in [4.69, 9.17) is 10.2 Å². The number of thioether (sulfide) groups is 1. The monoisotopic (exact) mass is 313 g/mol. The van der Waals surface area contributed by atoms with Crippen LogP contribution in [0, 0.1) is 6.92 Å². The first kappa shape index (κ1) is 15.0. The second kappa shape index (κ2) is 6.38. The molecule has 0 spiro atoms. The molecule has 0 radical (unpaired) electrons. The average molecular weight is 313 g/mol. The topological polar surface area (TPSA) is 99.1 Å². The van der Waals surface area contributed by atoms with Crippen molar-refractivity contribution < 1.29 is 12.8 Å². The zero-order chi connectivity index (χ0) is 14.6. The van der Waals surface area contributed by atoms with Crippen LogP contribution in [0.2, 0.25) is 0 Å². The maximum Gasteiger partial charge on any atom is 0.276 e. The third kappa shape index (κ3) is 3.81. The average Bonchev–Trinajstić information content (AvgIpc) is 2.84. The highest BCUT2D eigenvalue weighted by atomic mass is 32.2. The summed E-state index contributed by atoms with van der Waals surface area (Å²) in [5.41, 5.74) is 6.31. The lowest BCUT2D eigenvalue weighted by atomic mass is 10.2. The van der Waals surface area contributed by atoms with E-state index in [2.05, 4.69) is 10.2 Å². The molecule has 0 amide bonds. The van der Waals surface area contributed by atoms with Gasteiger partial charge in [0.05, 0.1) is 10.6 Å². The van der Waals surface area contributed by atoms with E-state index >= 15 is 0 Å². The molecule has 0 unspecified atom stereocenters. The maximum atomic E-state index is 12.2. The Kier molecular flexibility index (Phi) is 4.79. The molecule has 0 aliphatic rings. The highest BCUT2D eigenvalue weighted by Gasteiger charge is 2.15. The summed E-state index contributed by atoms with van der Waals surface area (Å²) in [5, 5.41) is 7.86. The summed E-state index contributed by atoms with van der Waals surface area (Å²) in [6.45, 7) is 2.01. The van der Waals surface area contributed by atoms with E-state index in [9.17, 15) is 8.42 Å². The molecule has 0 aliphatic carbocycles. The van der Waals surface area contributed by atoms with Crippen LogP contribution in [0.1, 0.15) is 11.5 Å². The molecule has 6 nitrogen and oxygen atoms in total. The van der Waals surface area contributed by atoms with E-state index in [0.717, 1.165) is 5.56 Å². The molecule has 20 heavy (non-hydrogen) atoms. The molecular weight excluding hydrogens is 298 g/mol. The lowest BCUT2D eigenvalue weighted by Gasteiger charge is -2.05. The molecule has 1 aromatic heterocycles. The summed E-state index contributed by atoms with van der Waals surface area (Å²) in [4.78, 5) is 0.294. The molecule has 8 heteroatoms. The van der Waals surface area contributed by atoms with Crippen molar-refractivity contribution in [3.05, 3.63) is 35.7 Å². The number of aryl methyl sites for hydroxylation is 1. The molecule has 2 rings (SSSR count). The number of hydrogen-bond donors (Lipinski definition) is 1. The first-order chi connectivity index (χ1) is 9.51. The molecular formula is C12H15N3O3S2. The summed E-state index contributed by atoms with van der Waals surface area (Å²) >= 11 is 1.23. The fraction of sp³-hybridized carbons (Fsp3) is 0.333. The Hall–Kier alpha value is -1.38. The standard InChI is InChI=1S/C12H15N3O3S2/c1-9-14-15-12(18-9)19-5-6-20(16,17)11-4-2-3-10(7-11)8-13/h2-4,7H,5-6,8,13H2,1H3. The van der Waals surface area contributed by atoms with Crippen LogP contribution in [0.15, 0.2) is 38.8 Å². The predicted molar refractivity (Wildman–Crippen MR) is 76.1 cm³/mol. The fourth-order valence-electron chi connectivity index (χ4n) is 1.56. The van der Waals surface area contributed by atoms with E-state index in [1.807, 2.05) is 0 Å². The summed E-state index contributed by atoms with van der Waals surface area (Å²) in [5.74, 6) is 0.829. The van der Waals surface area contributed by atoms with Gasteiger partial charge in [-0.1, -0.05) is 23.9 Å². The predicted octanol–water partition coefficient (Wildman–Crippen LogP) is 1.40. The molecule has 0 saturated carbocycles. The van der Waals surface area contributed by atoms with E-state index < -0.39 is 9.84 Å². The summed E-state index contributed by atoms with van der Waals surface area (Å²) in [6.07, 6.45) is 0. The molecule has 0 fully saturated rings. The molecule has 1 aromatic carbocycles. The normalized spacial score (nSPS) is 11.7. The molecule has 0 atom stereocenters. The van der Waals surface area contributed by atoms with Crippen LogP contribution in [-0.2, 0) is 16.4 Å². The van der Waals surface area contributed by atoms with Gasteiger partial charge in [-0.15, -0.1) is 10.2 Å². The van der Waals surface area contributed by atoms with Gasteiger partial charge in [0.1, 0.15) is 0 Å². The summed E-state index contributed by atoms with van der Waals surface area (Å²) in [6, 6.07) is 6.69. The van der Waals surface area contributed by atoms with Crippen molar-refractivity contribution in [1.82, 2.24) is 10.2 Å². The lowest BCUT2D eigenvalue weighted by molar-refractivity contribution is 0.429. The van der Waals surface area contributed by atoms with Crippen molar-refractivity contribution >= 4 is 21.6 Å². The van der Waals surface area contributed by atoms with Crippen molar-refractivity contribution in [2.45, 2.75) is 23.6 Å². The van der Waals surface area contributed by atoms with Gasteiger partial charge >= 0.3 is 0 Å². The number of hydrogen-bond acceptors (Lipinski definition) is 7. The van der Waals surface area contributed by atoms with Gasteiger partial charge in [0.15, 0.2) is 9.84 Å². The minimum absolute atomic E-state index is 0.00706. The van der Waals surface area contributed by atoms with Crippen LogP contribution >= 0.6 is 11.8 Å². The van der Waals surface area contributed by atoms with Gasteiger partial charge in [-0.05, 0) is 17.7 Å². The van der Waals surface area contributed by atoms with Gasteiger partial charge in [0, 0.05) is 19.2 Å². The van der Waals surface area contributed by atoms with Gasteiger partial charge in [-0.25, -0.2) is 8.42 Å². The fourth-order valence-corrected chi connectivity index (χ4v) is 4.08. The van der Waals surface area contributed by atoms with E-state index in [-0.39, 0.29) is 5.75 Å². The molecule has 2 aromatic rings. The second-order valence-corrected chi connectivity index (χ2v) is 7.26. The van der Waals surface area contributed by atoms with Crippen molar-refractivity contribution in [2.75, 3.05) is 11.5 Å². The minimum Gasteiger partial charge on any atom is -0.416 e. The lowest BCUT2D eigenvalue weighted by Crippen LogP contribution is -2.09. The second-order valence-electron chi connectivity index (χ2n) is 4.11. The van der Waals surface area contributed by atoms with Crippen LogP contribution < -0.4 is 5.73 Å². The Balaban J connectivity index is 2.00. The zero-order valence-electron chi connectivity index (χ0n) is 10.9. The Morgan fingerprint density at radius 2 is 2.15 bits per heavy atom. The van der Waals surface area contributed by atoms with E-state index in [1.165, 1.54) is 11.8 Å². The van der Waals surface area contributed by atoms with Gasteiger partial charge in [-0.3, -0.25) is 0 Å². The molecule has 1 heterocycles. The molecule has 108 valence electrons. The highest BCUT2D eigenvalue weighted by Crippen LogP contribution is 2.19. The minimum atomic E-state index is -3.32. The third-order valence-corrected chi connectivity index (χ3v) is 5.37. The number of aromatic nitrogens is 2. The SMILES string of the molecule is Cc1nnc(SCCS(=O)(=O)c2cccc(CN)c2)o1. The van der Waals surface area contributed by atoms with Crippen LogP contribution in [0.4, 0.5) is 0 Å².